The Kier molecular flexibility index (Phi) is 6.93. The number of amides is 1. The molecule has 0 saturated carbocycles. The molecule has 0 aliphatic carbocycles. The number of thiocarbonyl (C=S) groups is 1. The van der Waals surface area contributed by atoms with E-state index in [2.05, 4.69) is 10.2 Å². The van der Waals surface area contributed by atoms with Gasteiger partial charge in [-0.15, -0.1) is 0 Å². The van der Waals surface area contributed by atoms with E-state index in [0.29, 0.717) is 29.6 Å². The molecule has 1 aliphatic heterocycles. The third-order valence-corrected chi connectivity index (χ3v) is 4.13. The fourth-order valence-electron chi connectivity index (χ4n) is 2.31. The highest BCUT2D eigenvalue weighted by atomic mass is 35.5. The van der Waals surface area contributed by atoms with Crippen LogP contribution < -0.4 is 10.1 Å². The number of benzene rings is 1. The molecule has 0 atom stereocenters. The number of piperidine rings is 1. The van der Waals surface area contributed by atoms with Crippen LogP contribution in [0.5, 0.6) is 5.75 Å². The molecule has 0 bridgehead atoms. The Labute approximate surface area is 141 Å². The predicted octanol–water partition coefficient (Wildman–Crippen LogP) is 3.39. The second kappa shape index (κ2) is 8.96. The molecule has 0 radical (unpaired) electrons. The summed E-state index contributed by atoms with van der Waals surface area (Å²) >= 11 is 11.1. The number of ether oxygens (including phenoxy) is 1. The number of nitrogens with one attached hydrogen (secondary N) is 1. The van der Waals surface area contributed by atoms with Gasteiger partial charge in [-0.25, -0.2) is 0 Å². The van der Waals surface area contributed by atoms with Crippen LogP contribution in [0.25, 0.3) is 0 Å². The molecule has 1 saturated heterocycles. The first-order valence-electron chi connectivity index (χ1n) is 7.62. The first-order chi connectivity index (χ1) is 10.6. The average Bonchev–Trinajstić information content (AvgIpc) is 2.54. The van der Waals surface area contributed by atoms with Gasteiger partial charge in [-0.05, 0) is 62.2 Å². The maximum atomic E-state index is 11.9. The monoisotopic (exact) mass is 340 g/mol. The van der Waals surface area contributed by atoms with Crippen LogP contribution in [0.4, 0.5) is 0 Å². The Bertz CT molecular complexity index is 501. The topological polar surface area (TPSA) is 41.6 Å². The number of nitrogens with zero attached hydrogens (tertiary/aromatic N) is 1. The van der Waals surface area contributed by atoms with E-state index in [-0.39, 0.29) is 5.91 Å². The SMILES string of the molecule is O=C(CCCOc1ccc(Cl)cc1)NC(=S)N1CCCCC1. The molecule has 120 valence electrons. The van der Waals surface area contributed by atoms with E-state index in [9.17, 15) is 4.79 Å². The van der Waals surface area contributed by atoms with Crippen molar-refractivity contribution in [3.05, 3.63) is 29.3 Å². The zero-order valence-corrected chi connectivity index (χ0v) is 14.1. The third-order valence-electron chi connectivity index (χ3n) is 3.52. The number of hydrogen-bond acceptors (Lipinski definition) is 3. The number of carbonyl (C=O) groups excluding carboxylic acids is 1. The Morgan fingerprint density at radius 2 is 1.91 bits per heavy atom. The molecule has 1 fully saturated rings. The van der Waals surface area contributed by atoms with Gasteiger partial charge in [0.1, 0.15) is 5.75 Å². The molecule has 1 N–H and O–H groups in total. The number of halogens is 1. The average molecular weight is 341 g/mol. The van der Waals surface area contributed by atoms with E-state index in [1.165, 1.54) is 6.42 Å². The number of hydrogen-bond donors (Lipinski definition) is 1. The highest BCUT2D eigenvalue weighted by Crippen LogP contribution is 2.15. The minimum Gasteiger partial charge on any atom is -0.494 e. The van der Waals surface area contributed by atoms with Crippen molar-refractivity contribution in [2.45, 2.75) is 32.1 Å². The maximum absolute atomic E-state index is 11.9. The van der Waals surface area contributed by atoms with Gasteiger partial charge in [-0.2, -0.15) is 0 Å². The Morgan fingerprint density at radius 1 is 1.23 bits per heavy atom. The van der Waals surface area contributed by atoms with Crippen LogP contribution in [0.1, 0.15) is 32.1 Å². The van der Waals surface area contributed by atoms with E-state index >= 15 is 0 Å². The van der Waals surface area contributed by atoms with Gasteiger partial charge < -0.3 is 15.0 Å². The summed E-state index contributed by atoms with van der Waals surface area (Å²) in [6.07, 6.45) is 4.59. The molecular weight excluding hydrogens is 320 g/mol. The third kappa shape index (κ3) is 5.81. The lowest BCUT2D eigenvalue weighted by Gasteiger charge is -2.28. The lowest BCUT2D eigenvalue weighted by Crippen LogP contribution is -2.44. The van der Waals surface area contributed by atoms with Crippen LogP contribution in [-0.4, -0.2) is 35.6 Å². The van der Waals surface area contributed by atoms with Gasteiger partial charge in [0, 0.05) is 24.5 Å². The van der Waals surface area contributed by atoms with E-state index < -0.39 is 0 Å². The van der Waals surface area contributed by atoms with Crippen LogP contribution in [-0.2, 0) is 4.79 Å². The normalized spacial score (nSPS) is 14.5. The fourth-order valence-corrected chi connectivity index (χ4v) is 2.73. The largest absolute Gasteiger partial charge is 0.494 e. The van der Waals surface area contributed by atoms with Gasteiger partial charge in [0.05, 0.1) is 6.61 Å². The molecule has 2 rings (SSSR count). The van der Waals surface area contributed by atoms with Crippen molar-refractivity contribution < 1.29 is 9.53 Å². The first kappa shape index (κ1) is 17.0. The predicted molar refractivity (Wildman–Crippen MR) is 92.3 cm³/mol. The van der Waals surface area contributed by atoms with Gasteiger partial charge in [0.2, 0.25) is 5.91 Å². The van der Waals surface area contributed by atoms with Crippen LogP contribution in [0.3, 0.4) is 0 Å². The molecule has 4 nitrogen and oxygen atoms in total. The summed E-state index contributed by atoms with van der Waals surface area (Å²) in [4.78, 5) is 13.9. The summed E-state index contributed by atoms with van der Waals surface area (Å²) in [5.74, 6) is 0.712. The van der Waals surface area contributed by atoms with E-state index in [1.54, 1.807) is 12.1 Å². The lowest BCUT2D eigenvalue weighted by molar-refractivity contribution is -0.120. The van der Waals surface area contributed by atoms with Gasteiger partial charge >= 0.3 is 0 Å². The highest BCUT2D eigenvalue weighted by Gasteiger charge is 2.15. The van der Waals surface area contributed by atoms with E-state index in [1.807, 2.05) is 12.1 Å². The molecule has 6 heteroatoms. The standard InChI is InChI=1S/C16H21ClN2O2S/c17-13-6-8-14(9-7-13)21-12-4-5-15(20)18-16(22)19-10-2-1-3-11-19/h6-9H,1-5,10-12H2,(H,18,20,22). The number of likely N-dealkylation sites (tertiary alicyclic amines) is 1. The zero-order chi connectivity index (χ0) is 15.8. The first-order valence-corrected chi connectivity index (χ1v) is 8.41. The molecule has 1 heterocycles. The Balaban J connectivity index is 1.61. The second-order valence-corrected chi connectivity index (χ2v) is 6.13. The van der Waals surface area contributed by atoms with Crippen LogP contribution in [0.15, 0.2) is 24.3 Å². The number of carbonyl (C=O) groups is 1. The summed E-state index contributed by atoms with van der Waals surface area (Å²) < 4.78 is 5.55. The molecule has 22 heavy (non-hydrogen) atoms. The van der Waals surface area contributed by atoms with Gasteiger partial charge in [0.15, 0.2) is 5.11 Å². The minimum atomic E-state index is -0.0460. The van der Waals surface area contributed by atoms with Crippen molar-refractivity contribution in [2.75, 3.05) is 19.7 Å². The van der Waals surface area contributed by atoms with Crippen molar-refractivity contribution in [3.63, 3.8) is 0 Å². The van der Waals surface area contributed by atoms with E-state index in [4.69, 9.17) is 28.6 Å². The van der Waals surface area contributed by atoms with Crippen molar-refractivity contribution in [1.82, 2.24) is 10.2 Å². The number of rotatable bonds is 5. The summed E-state index contributed by atoms with van der Waals surface area (Å²) in [5.41, 5.74) is 0. The summed E-state index contributed by atoms with van der Waals surface area (Å²) in [7, 11) is 0. The Hall–Kier alpha value is -1.33. The molecule has 0 unspecified atom stereocenters. The van der Waals surface area contributed by atoms with Crippen molar-refractivity contribution in [3.8, 4) is 5.75 Å². The van der Waals surface area contributed by atoms with Gasteiger partial charge in [-0.3, -0.25) is 4.79 Å². The molecule has 1 amide bonds. The highest BCUT2D eigenvalue weighted by molar-refractivity contribution is 7.80. The molecule has 1 aromatic carbocycles. The van der Waals surface area contributed by atoms with Crippen LogP contribution in [0.2, 0.25) is 5.02 Å². The minimum absolute atomic E-state index is 0.0460. The molecule has 1 aliphatic rings. The van der Waals surface area contributed by atoms with Crippen molar-refractivity contribution in [2.24, 2.45) is 0 Å². The van der Waals surface area contributed by atoms with Crippen LogP contribution >= 0.6 is 23.8 Å². The summed E-state index contributed by atoms with van der Waals surface area (Å²) in [6, 6.07) is 7.18. The molecule has 0 spiro atoms. The second-order valence-electron chi connectivity index (χ2n) is 5.31. The molecular formula is C16H21ClN2O2S. The lowest BCUT2D eigenvalue weighted by atomic mass is 10.1. The summed E-state index contributed by atoms with van der Waals surface area (Å²) in [5, 5.41) is 4.04. The quantitative estimate of drug-likeness (QED) is 0.659. The molecule has 1 aromatic rings. The van der Waals surface area contributed by atoms with Crippen LogP contribution in [0, 0.1) is 0 Å². The van der Waals surface area contributed by atoms with Crippen molar-refractivity contribution in [1.29, 1.82) is 0 Å². The van der Waals surface area contributed by atoms with Gasteiger partial charge in [-0.1, -0.05) is 11.6 Å². The zero-order valence-electron chi connectivity index (χ0n) is 12.5. The van der Waals surface area contributed by atoms with Gasteiger partial charge in [0.25, 0.3) is 0 Å². The molecule has 0 aromatic heterocycles. The van der Waals surface area contributed by atoms with E-state index in [0.717, 1.165) is 31.7 Å². The smallest absolute Gasteiger partial charge is 0.226 e. The fraction of sp³-hybridized carbons (Fsp3) is 0.500. The van der Waals surface area contributed by atoms with Crippen molar-refractivity contribution >= 4 is 34.8 Å². The Morgan fingerprint density at radius 3 is 2.59 bits per heavy atom. The summed E-state index contributed by atoms with van der Waals surface area (Å²) in [6.45, 7) is 2.38. The maximum Gasteiger partial charge on any atom is 0.226 e.